The SMILES string of the molecule is CN1CCC(NC(=O)C2CCN(Cc3cccc(Cl)c3)CC2)CC1. The third-order valence-corrected chi connectivity index (χ3v) is 5.55. The van der Waals surface area contributed by atoms with Crippen LogP contribution in [-0.4, -0.2) is 55.0 Å². The number of rotatable bonds is 4. The van der Waals surface area contributed by atoms with Crippen LogP contribution in [0.5, 0.6) is 0 Å². The Labute approximate surface area is 150 Å². The van der Waals surface area contributed by atoms with Crippen molar-refractivity contribution < 1.29 is 4.79 Å². The van der Waals surface area contributed by atoms with Crippen LogP contribution in [0.25, 0.3) is 0 Å². The molecule has 2 aliphatic rings. The van der Waals surface area contributed by atoms with E-state index in [4.69, 9.17) is 11.6 Å². The van der Waals surface area contributed by atoms with Crippen LogP contribution in [0.15, 0.2) is 24.3 Å². The van der Waals surface area contributed by atoms with Gasteiger partial charge in [-0.05, 0) is 76.6 Å². The maximum Gasteiger partial charge on any atom is 0.223 e. The van der Waals surface area contributed by atoms with Crippen LogP contribution in [0.3, 0.4) is 0 Å². The summed E-state index contributed by atoms with van der Waals surface area (Å²) in [7, 11) is 2.15. The summed E-state index contributed by atoms with van der Waals surface area (Å²) in [6.45, 7) is 5.06. The number of halogens is 1. The van der Waals surface area contributed by atoms with Gasteiger partial charge in [-0.25, -0.2) is 0 Å². The normalized spacial score (nSPS) is 21.8. The lowest BCUT2D eigenvalue weighted by atomic mass is 9.94. The molecule has 2 aliphatic heterocycles. The molecule has 0 aromatic heterocycles. The molecule has 1 amide bonds. The minimum Gasteiger partial charge on any atom is -0.353 e. The van der Waals surface area contributed by atoms with Crippen molar-refractivity contribution in [2.75, 3.05) is 33.2 Å². The van der Waals surface area contributed by atoms with E-state index in [1.165, 1.54) is 5.56 Å². The van der Waals surface area contributed by atoms with Crippen LogP contribution in [0, 0.1) is 5.92 Å². The lowest BCUT2D eigenvalue weighted by Gasteiger charge is -2.34. The Morgan fingerprint density at radius 2 is 1.88 bits per heavy atom. The van der Waals surface area contributed by atoms with Crippen LogP contribution in [0.4, 0.5) is 0 Å². The van der Waals surface area contributed by atoms with Gasteiger partial charge in [0.05, 0.1) is 0 Å². The van der Waals surface area contributed by atoms with Gasteiger partial charge in [-0.2, -0.15) is 0 Å². The van der Waals surface area contributed by atoms with Crippen LogP contribution in [-0.2, 0) is 11.3 Å². The molecule has 2 fully saturated rings. The van der Waals surface area contributed by atoms with Gasteiger partial charge < -0.3 is 10.2 Å². The molecule has 0 atom stereocenters. The molecule has 1 aromatic rings. The van der Waals surface area contributed by atoms with Gasteiger partial charge in [-0.15, -0.1) is 0 Å². The number of carbonyl (C=O) groups excluding carboxylic acids is 1. The Kier molecular flexibility index (Phi) is 6.14. The van der Waals surface area contributed by atoms with Crippen LogP contribution in [0.1, 0.15) is 31.2 Å². The zero-order valence-corrected chi connectivity index (χ0v) is 15.3. The van der Waals surface area contributed by atoms with E-state index in [2.05, 4.69) is 28.2 Å². The van der Waals surface area contributed by atoms with Crippen molar-refractivity contribution >= 4 is 17.5 Å². The highest BCUT2D eigenvalue weighted by Gasteiger charge is 2.27. The number of carbonyl (C=O) groups is 1. The smallest absolute Gasteiger partial charge is 0.223 e. The number of likely N-dealkylation sites (tertiary alicyclic amines) is 2. The number of amides is 1. The van der Waals surface area contributed by atoms with E-state index in [9.17, 15) is 4.79 Å². The number of nitrogens with zero attached hydrogens (tertiary/aromatic N) is 2. The van der Waals surface area contributed by atoms with E-state index >= 15 is 0 Å². The lowest BCUT2D eigenvalue weighted by Crippen LogP contribution is -2.47. The number of nitrogens with one attached hydrogen (secondary N) is 1. The fraction of sp³-hybridized carbons (Fsp3) is 0.632. The summed E-state index contributed by atoms with van der Waals surface area (Å²) in [5.41, 5.74) is 1.25. The van der Waals surface area contributed by atoms with Crippen LogP contribution >= 0.6 is 11.6 Å². The van der Waals surface area contributed by atoms with Crippen molar-refractivity contribution in [3.63, 3.8) is 0 Å². The molecular formula is C19H28ClN3O. The molecule has 1 N–H and O–H groups in total. The molecule has 0 unspecified atom stereocenters. The van der Waals surface area contributed by atoms with E-state index in [-0.39, 0.29) is 11.8 Å². The van der Waals surface area contributed by atoms with Gasteiger partial charge >= 0.3 is 0 Å². The average molecular weight is 350 g/mol. The molecule has 0 bridgehead atoms. The molecule has 2 saturated heterocycles. The third-order valence-electron chi connectivity index (χ3n) is 5.32. The molecule has 0 saturated carbocycles. The van der Waals surface area contributed by atoms with Crippen LogP contribution < -0.4 is 5.32 Å². The third kappa shape index (κ3) is 4.95. The summed E-state index contributed by atoms with van der Waals surface area (Å²) in [6.07, 6.45) is 4.07. The fourth-order valence-corrected chi connectivity index (χ4v) is 3.93. The van der Waals surface area contributed by atoms with Gasteiger partial charge in [0.2, 0.25) is 5.91 Å². The van der Waals surface area contributed by atoms with E-state index in [1.807, 2.05) is 18.2 Å². The molecule has 0 spiro atoms. The van der Waals surface area contributed by atoms with Crippen molar-refractivity contribution in [3.05, 3.63) is 34.9 Å². The van der Waals surface area contributed by atoms with Gasteiger partial charge in [0.15, 0.2) is 0 Å². The molecule has 0 radical (unpaired) electrons. The van der Waals surface area contributed by atoms with E-state index in [0.29, 0.717) is 6.04 Å². The minimum absolute atomic E-state index is 0.181. The summed E-state index contributed by atoms with van der Waals surface area (Å²) < 4.78 is 0. The van der Waals surface area contributed by atoms with Crippen molar-refractivity contribution in [2.45, 2.75) is 38.3 Å². The Morgan fingerprint density at radius 3 is 2.54 bits per heavy atom. The summed E-state index contributed by atoms with van der Waals surface area (Å²) in [6, 6.07) is 8.42. The topological polar surface area (TPSA) is 35.6 Å². The van der Waals surface area contributed by atoms with E-state index in [1.54, 1.807) is 0 Å². The lowest BCUT2D eigenvalue weighted by molar-refractivity contribution is -0.127. The monoisotopic (exact) mass is 349 g/mol. The zero-order chi connectivity index (χ0) is 16.9. The highest BCUT2D eigenvalue weighted by molar-refractivity contribution is 6.30. The number of hydrogen-bond donors (Lipinski definition) is 1. The first-order valence-corrected chi connectivity index (χ1v) is 9.43. The fourth-order valence-electron chi connectivity index (χ4n) is 3.72. The molecular weight excluding hydrogens is 322 g/mol. The van der Waals surface area contributed by atoms with Gasteiger partial charge in [0, 0.05) is 23.5 Å². The summed E-state index contributed by atoms with van der Waals surface area (Å²) in [4.78, 5) is 17.2. The quantitative estimate of drug-likeness (QED) is 0.907. The molecule has 5 heteroatoms. The molecule has 0 aliphatic carbocycles. The average Bonchev–Trinajstić information content (AvgIpc) is 2.57. The summed E-state index contributed by atoms with van der Waals surface area (Å²) in [5, 5.41) is 4.07. The number of benzene rings is 1. The highest BCUT2D eigenvalue weighted by Crippen LogP contribution is 2.21. The Morgan fingerprint density at radius 1 is 1.17 bits per heavy atom. The van der Waals surface area contributed by atoms with Crippen molar-refractivity contribution in [3.8, 4) is 0 Å². The molecule has 4 nitrogen and oxygen atoms in total. The molecule has 132 valence electrons. The van der Waals surface area contributed by atoms with E-state index < -0.39 is 0 Å². The largest absolute Gasteiger partial charge is 0.353 e. The first kappa shape index (κ1) is 17.7. The first-order valence-electron chi connectivity index (χ1n) is 9.06. The number of hydrogen-bond acceptors (Lipinski definition) is 3. The Bertz CT molecular complexity index is 549. The molecule has 1 aromatic carbocycles. The van der Waals surface area contributed by atoms with Crippen LogP contribution in [0.2, 0.25) is 5.02 Å². The standard InChI is InChI=1S/C19H28ClN3O/c1-22-9-7-18(8-10-22)21-19(24)16-5-11-23(12-6-16)14-15-3-2-4-17(20)13-15/h2-4,13,16,18H,5-12,14H2,1H3,(H,21,24). The van der Waals surface area contributed by atoms with Gasteiger partial charge in [0.1, 0.15) is 0 Å². The minimum atomic E-state index is 0.181. The second kappa shape index (κ2) is 8.32. The first-order chi connectivity index (χ1) is 11.6. The zero-order valence-electron chi connectivity index (χ0n) is 14.5. The van der Waals surface area contributed by atoms with Crippen molar-refractivity contribution in [1.29, 1.82) is 0 Å². The Balaban J connectivity index is 1.42. The summed E-state index contributed by atoms with van der Waals surface area (Å²) in [5.74, 6) is 0.451. The number of piperidine rings is 2. The van der Waals surface area contributed by atoms with Crippen molar-refractivity contribution in [1.82, 2.24) is 15.1 Å². The van der Waals surface area contributed by atoms with Gasteiger partial charge in [-0.3, -0.25) is 9.69 Å². The maximum atomic E-state index is 12.5. The van der Waals surface area contributed by atoms with E-state index in [0.717, 1.165) is 63.4 Å². The second-order valence-electron chi connectivity index (χ2n) is 7.27. The predicted molar refractivity (Wildman–Crippen MR) is 98.1 cm³/mol. The van der Waals surface area contributed by atoms with Crippen molar-refractivity contribution in [2.24, 2.45) is 5.92 Å². The van der Waals surface area contributed by atoms with Gasteiger partial charge in [0.25, 0.3) is 0 Å². The molecule has 2 heterocycles. The maximum absolute atomic E-state index is 12.5. The second-order valence-corrected chi connectivity index (χ2v) is 7.70. The highest BCUT2D eigenvalue weighted by atomic mass is 35.5. The van der Waals surface area contributed by atoms with Gasteiger partial charge in [-0.1, -0.05) is 23.7 Å². The molecule has 3 rings (SSSR count). The summed E-state index contributed by atoms with van der Waals surface area (Å²) >= 11 is 6.05. The molecule has 24 heavy (non-hydrogen) atoms. The Hall–Kier alpha value is -1.10. The predicted octanol–water partition coefficient (Wildman–Crippen LogP) is 2.76.